The second-order valence-electron chi connectivity index (χ2n) is 7.62. The van der Waals surface area contributed by atoms with Crippen LogP contribution in [-0.2, 0) is 6.54 Å². The van der Waals surface area contributed by atoms with Crippen molar-refractivity contribution < 1.29 is 4.42 Å². The number of anilines is 1. The first kappa shape index (κ1) is 22.7. The number of likely N-dealkylation sites (tertiary alicyclic amines) is 1. The van der Waals surface area contributed by atoms with E-state index in [1.165, 1.54) is 24.1 Å². The van der Waals surface area contributed by atoms with Crippen molar-refractivity contribution in [1.29, 1.82) is 0 Å². The van der Waals surface area contributed by atoms with Gasteiger partial charge in [-0.1, -0.05) is 24.3 Å². The minimum absolute atomic E-state index is 0. The van der Waals surface area contributed by atoms with Gasteiger partial charge < -0.3 is 20.0 Å². The highest BCUT2D eigenvalue weighted by Gasteiger charge is 2.25. The van der Waals surface area contributed by atoms with Crippen molar-refractivity contribution in [3.63, 3.8) is 0 Å². The minimum atomic E-state index is 0. The van der Waals surface area contributed by atoms with E-state index >= 15 is 0 Å². The summed E-state index contributed by atoms with van der Waals surface area (Å²) in [6.45, 7) is 5.77. The first-order valence-corrected chi connectivity index (χ1v) is 10.5. The Balaban J connectivity index is 0.00000256. The Morgan fingerprint density at radius 2 is 1.80 bits per heavy atom. The van der Waals surface area contributed by atoms with E-state index in [0.29, 0.717) is 0 Å². The highest BCUT2D eigenvalue weighted by Crippen LogP contribution is 2.24. The summed E-state index contributed by atoms with van der Waals surface area (Å²) >= 11 is 0. The first-order valence-electron chi connectivity index (χ1n) is 10.5. The van der Waals surface area contributed by atoms with Crippen LogP contribution in [0.15, 0.2) is 64.2 Å². The van der Waals surface area contributed by atoms with Crippen LogP contribution in [0, 0.1) is 0 Å². The Labute approximate surface area is 196 Å². The molecule has 6 nitrogen and oxygen atoms in total. The van der Waals surface area contributed by atoms with Crippen LogP contribution in [0.5, 0.6) is 0 Å². The van der Waals surface area contributed by atoms with Gasteiger partial charge in [-0.2, -0.15) is 0 Å². The Morgan fingerprint density at radius 1 is 1.07 bits per heavy atom. The molecule has 0 spiro atoms. The van der Waals surface area contributed by atoms with Crippen molar-refractivity contribution in [2.75, 3.05) is 44.7 Å². The van der Waals surface area contributed by atoms with Crippen molar-refractivity contribution in [2.45, 2.75) is 25.4 Å². The highest BCUT2D eigenvalue weighted by molar-refractivity contribution is 14.0. The molecule has 0 bridgehead atoms. The summed E-state index contributed by atoms with van der Waals surface area (Å²) in [5, 5.41) is 6.91. The molecule has 3 heterocycles. The van der Waals surface area contributed by atoms with Crippen LogP contribution in [0.4, 0.5) is 5.69 Å². The van der Waals surface area contributed by atoms with Crippen LogP contribution in [-0.4, -0.2) is 50.6 Å². The molecule has 0 amide bonds. The van der Waals surface area contributed by atoms with Gasteiger partial charge >= 0.3 is 0 Å². The van der Waals surface area contributed by atoms with Crippen molar-refractivity contribution in [3.05, 3.63) is 66.1 Å². The second kappa shape index (κ2) is 11.4. The van der Waals surface area contributed by atoms with Gasteiger partial charge in [-0.25, -0.2) is 0 Å². The van der Waals surface area contributed by atoms with Crippen LogP contribution in [0.2, 0.25) is 0 Å². The van der Waals surface area contributed by atoms with E-state index in [4.69, 9.17) is 4.42 Å². The average Bonchev–Trinajstić information content (AvgIpc) is 3.54. The highest BCUT2D eigenvalue weighted by atomic mass is 127. The van der Waals surface area contributed by atoms with Gasteiger partial charge in [-0.05, 0) is 55.8 Å². The smallest absolute Gasteiger partial charge is 0.191 e. The molecule has 1 aromatic carbocycles. The number of halogens is 1. The molecule has 1 unspecified atom stereocenters. The van der Waals surface area contributed by atoms with E-state index in [1.807, 2.05) is 13.1 Å². The summed E-state index contributed by atoms with van der Waals surface area (Å²) in [5.41, 5.74) is 2.51. The lowest BCUT2D eigenvalue weighted by Gasteiger charge is -2.26. The van der Waals surface area contributed by atoms with Gasteiger partial charge in [-0.3, -0.25) is 9.89 Å². The Bertz CT molecular complexity index is 805. The Kier molecular flexibility index (Phi) is 8.62. The topological polar surface area (TPSA) is 56.0 Å². The van der Waals surface area contributed by atoms with Crippen molar-refractivity contribution in [3.8, 4) is 0 Å². The van der Waals surface area contributed by atoms with Crippen LogP contribution in [0.3, 0.4) is 0 Å². The molecule has 0 aliphatic carbocycles. The molecule has 0 saturated carbocycles. The van der Waals surface area contributed by atoms with Gasteiger partial charge in [0.05, 0.1) is 12.3 Å². The van der Waals surface area contributed by atoms with E-state index in [0.717, 1.165) is 51.0 Å². The molecule has 162 valence electrons. The molecule has 7 heteroatoms. The van der Waals surface area contributed by atoms with Crippen LogP contribution < -0.4 is 15.5 Å². The third-order valence-corrected chi connectivity index (χ3v) is 5.72. The van der Waals surface area contributed by atoms with Gasteiger partial charge in [0, 0.05) is 38.9 Å². The lowest BCUT2D eigenvalue weighted by atomic mass is 10.2. The molecule has 2 aliphatic rings. The summed E-state index contributed by atoms with van der Waals surface area (Å²) in [4.78, 5) is 9.24. The molecular formula is C23H32IN5O. The number of furan rings is 1. The Morgan fingerprint density at radius 3 is 2.43 bits per heavy atom. The quantitative estimate of drug-likeness (QED) is 0.252. The lowest BCUT2D eigenvalue weighted by Crippen LogP contribution is -2.42. The number of aliphatic imine (C=N–C) groups is 1. The number of nitrogens with zero attached hydrogens (tertiary/aromatic N) is 3. The summed E-state index contributed by atoms with van der Waals surface area (Å²) in [6.07, 6.45) is 8.70. The van der Waals surface area contributed by atoms with Crippen molar-refractivity contribution >= 4 is 35.6 Å². The number of guanidine groups is 1. The second-order valence-corrected chi connectivity index (χ2v) is 7.62. The number of hydrogen-bond donors (Lipinski definition) is 2. The predicted molar refractivity (Wildman–Crippen MR) is 134 cm³/mol. The summed E-state index contributed by atoms with van der Waals surface area (Å²) in [7, 11) is 1.82. The third kappa shape index (κ3) is 5.78. The third-order valence-electron chi connectivity index (χ3n) is 5.72. The number of benzene rings is 1. The predicted octanol–water partition coefficient (Wildman–Crippen LogP) is 3.78. The van der Waals surface area contributed by atoms with Gasteiger partial charge in [-0.15, -0.1) is 24.0 Å². The summed E-state index contributed by atoms with van der Waals surface area (Å²) in [5.74, 6) is 1.83. The lowest BCUT2D eigenvalue weighted by molar-refractivity contribution is 0.215. The SMILES string of the molecule is CN=C(NCc1ccc(N2CC=CC2)cc1)NCC(c1ccco1)N1CCCC1.I. The first-order chi connectivity index (χ1) is 14.3. The van der Waals surface area contributed by atoms with E-state index in [-0.39, 0.29) is 30.0 Å². The standard InChI is InChI=1S/C23H31N5O.HI/c1-24-23(25-17-19-8-10-20(11-9-19)27-12-2-3-13-27)26-18-21(22-7-6-16-29-22)28-14-4-5-15-28;/h2-3,6-11,16,21H,4-5,12-15,17-18H2,1H3,(H2,24,25,26);1H. The summed E-state index contributed by atoms with van der Waals surface area (Å²) in [6, 6.07) is 13.0. The molecular weight excluding hydrogens is 489 g/mol. The maximum Gasteiger partial charge on any atom is 0.191 e. The van der Waals surface area contributed by atoms with Crippen molar-refractivity contribution in [1.82, 2.24) is 15.5 Å². The molecule has 2 aliphatic heterocycles. The molecule has 1 saturated heterocycles. The Hall–Kier alpha value is -2.00. The molecule has 1 fully saturated rings. The number of nitrogens with one attached hydrogen (secondary N) is 2. The molecule has 1 aromatic heterocycles. The fourth-order valence-electron chi connectivity index (χ4n) is 4.06. The zero-order valence-electron chi connectivity index (χ0n) is 17.6. The van der Waals surface area contributed by atoms with Gasteiger partial charge in [0.15, 0.2) is 5.96 Å². The molecule has 30 heavy (non-hydrogen) atoms. The number of rotatable bonds is 7. The van der Waals surface area contributed by atoms with E-state index < -0.39 is 0 Å². The zero-order chi connectivity index (χ0) is 19.9. The van der Waals surface area contributed by atoms with Crippen LogP contribution in [0.1, 0.15) is 30.2 Å². The fourth-order valence-corrected chi connectivity index (χ4v) is 4.06. The van der Waals surface area contributed by atoms with E-state index in [2.05, 4.69) is 67.9 Å². The van der Waals surface area contributed by atoms with Crippen LogP contribution in [0.25, 0.3) is 0 Å². The number of hydrogen-bond acceptors (Lipinski definition) is 4. The monoisotopic (exact) mass is 521 g/mol. The largest absolute Gasteiger partial charge is 0.468 e. The molecule has 1 atom stereocenters. The molecule has 2 aromatic rings. The average molecular weight is 521 g/mol. The normalized spacial score (nSPS) is 17.8. The molecule has 2 N–H and O–H groups in total. The maximum absolute atomic E-state index is 5.71. The minimum Gasteiger partial charge on any atom is -0.468 e. The molecule has 0 radical (unpaired) electrons. The van der Waals surface area contributed by atoms with Crippen LogP contribution >= 0.6 is 24.0 Å². The van der Waals surface area contributed by atoms with Crippen molar-refractivity contribution in [2.24, 2.45) is 4.99 Å². The maximum atomic E-state index is 5.71. The summed E-state index contributed by atoms with van der Waals surface area (Å²) < 4.78 is 5.71. The zero-order valence-corrected chi connectivity index (χ0v) is 19.9. The molecule has 4 rings (SSSR count). The van der Waals surface area contributed by atoms with Gasteiger partial charge in [0.25, 0.3) is 0 Å². The van der Waals surface area contributed by atoms with E-state index in [9.17, 15) is 0 Å². The van der Waals surface area contributed by atoms with Gasteiger partial charge in [0.1, 0.15) is 5.76 Å². The van der Waals surface area contributed by atoms with Gasteiger partial charge in [0.2, 0.25) is 0 Å². The fraction of sp³-hybridized carbons (Fsp3) is 0.435. The van der Waals surface area contributed by atoms with E-state index in [1.54, 1.807) is 6.26 Å².